The highest BCUT2D eigenvalue weighted by Gasteiger charge is 2.33. The molecule has 0 amide bonds. The maximum absolute atomic E-state index is 12.7. The lowest BCUT2D eigenvalue weighted by Crippen LogP contribution is -2.29. The quantitative estimate of drug-likeness (QED) is 0.105. The molecule has 6 rings (SSSR count). The van der Waals surface area contributed by atoms with Crippen LogP contribution in [-0.4, -0.2) is 37.1 Å². The molecule has 236 valence electrons. The number of rotatable bonds is 2. The maximum atomic E-state index is 12.7. The Bertz CT molecular complexity index is 1830. The van der Waals surface area contributed by atoms with Gasteiger partial charge in [-0.05, 0) is 87.6 Å². The van der Waals surface area contributed by atoms with Crippen molar-refractivity contribution in [1.29, 1.82) is 0 Å². The zero-order chi connectivity index (χ0) is 32.2. The van der Waals surface area contributed by atoms with Gasteiger partial charge in [-0.25, -0.2) is 0 Å². The highest BCUT2D eigenvalue weighted by Crippen LogP contribution is 2.36. The zero-order valence-electron chi connectivity index (χ0n) is 22.3. The molecule has 0 aliphatic rings. The van der Waals surface area contributed by atoms with E-state index in [1.807, 2.05) is 0 Å². The topological polar surface area (TPSA) is 97.8 Å². The molecule has 4 heterocycles. The summed E-state index contributed by atoms with van der Waals surface area (Å²) < 4.78 is 75.7. The standard InChI is InChI=1S/C14H8ClF3N2.C9H4BrClF3N.C5H6BNO2.ClH/c15-11-7-12-9(6-13(20-12)14(16,17)18)5-10(11)8-1-3-19-4-2-8;10-5-1-4-2-8(9(12,13)14)15-7(4)3-6(5)11;8-6(9)5-1-3-7-4-2-5;/h1-7,20H;1-3,15H;1-4,8-9H;1H. The van der Waals surface area contributed by atoms with Crippen molar-refractivity contribution in [3.63, 3.8) is 0 Å². The first-order valence-electron chi connectivity index (χ1n) is 12.2. The van der Waals surface area contributed by atoms with E-state index in [2.05, 4.69) is 35.9 Å². The van der Waals surface area contributed by atoms with Gasteiger partial charge >= 0.3 is 19.5 Å². The Morgan fingerprint density at radius 2 is 1.11 bits per heavy atom. The monoisotopic (exact) mass is 752 g/mol. The van der Waals surface area contributed by atoms with Gasteiger partial charge in [0.15, 0.2) is 0 Å². The first kappa shape index (κ1) is 36.2. The summed E-state index contributed by atoms with van der Waals surface area (Å²) in [6, 6.07) is 14.9. The minimum Gasteiger partial charge on any atom is -0.423 e. The van der Waals surface area contributed by atoms with E-state index in [9.17, 15) is 26.3 Å². The highest BCUT2D eigenvalue weighted by molar-refractivity contribution is 9.10. The molecule has 0 saturated carbocycles. The minimum absolute atomic E-state index is 0. The van der Waals surface area contributed by atoms with Crippen molar-refractivity contribution in [2.24, 2.45) is 0 Å². The molecule has 0 aliphatic heterocycles. The van der Waals surface area contributed by atoms with Crippen LogP contribution in [0.5, 0.6) is 0 Å². The molecule has 0 saturated heterocycles. The number of benzene rings is 2. The number of aromatic amines is 2. The number of nitrogens with zero attached hydrogens (tertiary/aromatic N) is 2. The third kappa shape index (κ3) is 9.38. The summed E-state index contributed by atoms with van der Waals surface area (Å²) in [7, 11) is -1.38. The second-order valence-corrected chi connectivity index (χ2v) is 10.7. The lowest BCUT2D eigenvalue weighted by atomic mass is 9.81. The lowest BCUT2D eigenvalue weighted by Gasteiger charge is -2.04. The molecule has 45 heavy (non-hydrogen) atoms. The van der Waals surface area contributed by atoms with E-state index in [4.69, 9.17) is 33.2 Å². The van der Waals surface area contributed by atoms with Crippen molar-refractivity contribution in [1.82, 2.24) is 19.9 Å². The van der Waals surface area contributed by atoms with Crippen LogP contribution >= 0.6 is 51.5 Å². The van der Waals surface area contributed by atoms with Crippen molar-refractivity contribution in [3.8, 4) is 11.1 Å². The molecule has 0 radical (unpaired) electrons. The van der Waals surface area contributed by atoms with Gasteiger partial charge in [-0.3, -0.25) is 9.97 Å². The van der Waals surface area contributed by atoms with Crippen molar-refractivity contribution < 1.29 is 36.4 Å². The molecule has 0 bridgehead atoms. The zero-order valence-corrected chi connectivity index (χ0v) is 26.2. The summed E-state index contributed by atoms with van der Waals surface area (Å²) >= 11 is 15.1. The van der Waals surface area contributed by atoms with Gasteiger partial charge in [0.05, 0.1) is 10.0 Å². The molecule has 0 fully saturated rings. The Morgan fingerprint density at radius 3 is 1.56 bits per heavy atom. The molecule has 0 unspecified atom stereocenters. The van der Waals surface area contributed by atoms with Gasteiger partial charge in [-0.2, -0.15) is 26.3 Å². The number of aromatic nitrogens is 4. The van der Waals surface area contributed by atoms with E-state index in [1.54, 1.807) is 48.8 Å². The molecular weight excluding hydrogens is 735 g/mol. The van der Waals surface area contributed by atoms with Crippen LogP contribution < -0.4 is 5.46 Å². The molecule has 17 heteroatoms. The second-order valence-electron chi connectivity index (χ2n) is 9.02. The van der Waals surface area contributed by atoms with E-state index in [0.717, 1.165) is 17.7 Å². The van der Waals surface area contributed by atoms with Gasteiger partial charge in [0, 0.05) is 56.6 Å². The van der Waals surface area contributed by atoms with E-state index in [1.165, 1.54) is 24.5 Å². The third-order valence-corrected chi connectivity index (χ3v) is 7.49. The number of hydrogen-bond acceptors (Lipinski definition) is 4. The van der Waals surface area contributed by atoms with Gasteiger partial charge in [-0.1, -0.05) is 23.2 Å². The number of fused-ring (bicyclic) bond motifs is 2. The highest BCUT2D eigenvalue weighted by atomic mass is 79.9. The van der Waals surface area contributed by atoms with E-state index in [-0.39, 0.29) is 12.4 Å². The average molecular weight is 755 g/mol. The van der Waals surface area contributed by atoms with E-state index < -0.39 is 30.9 Å². The number of alkyl halides is 6. The Morgan fingerprint density at radius 1 is 0.667 bits per heavy atom. The summed E-state index contributed by atoms with van der Waals surface area (Å²) in [5.74, 6) is 0. The Hall–Kier alpha value is -3.27. The molecule has 0 spiro atoms. The molecule has 0 aliphatic carbocycles. The van der Waals surface area contributed by atoms with Crippen LogP contribution in [0.1, 0.15) is 11.4 Å². The molecule has 6 aromatic rings. The van der Waals surface area contributed by atoms with Crippen molar-refractivity contribution in [2.75, 3.05) is 0 Å². The normalized spacial score (nSPS) is 11.3. The van der Waals surface area contributed by atoms with Gasteiger partial charge in [-0.15, -0.1) is 12.4 Å². The summed E-state index contributed by atoms with van der Waals surface area (Å²) in [6.45, 7) is 0. The fraction of sp³-hybridized carbons (Fsp3) is 0.0714. The van der Waals surface area contributed by atoms with Crippen LogP contribution in [0.2, 0.25) is 10.0 Å². The number of halogens is 10. The van der Waals surface area contributed by atoms with Gasteiger partial charge in [0.1, 0.15) is 11.4 Å². The molecular formula is C28H19BBrCl3F6N4O2. The third-order valence-electron chi connectivity index (χ3n) is 5.98. The molecule has 0 atom stereocenters. The summed E-state index contributed by atoms with van der Waals surface area (Å²) in [6.07, 6.45) is -2.54. The fourth-order valence-electron chi connectivity index (χ4n) is 3.87. The van der Waals surface area contributed by atoms with Crippen molar-refractivity contribution in [2.45, 2.75) is 12.4 Å². The number of H-pyrrole nitrogens is 2. The second kappa shape index (κ2) is 14.9. The van der Waals surface area contributed by atoms with Crippen molar-refractivity contribution in [3.05, 3.63) is 111 Å². The smallest absolute Gasteiger partial charge is 0.423 e. The van der Waals surface area contributed by atoms with Gasteiger partial charge in [0.2, 0.25) is 0 Å². The van der Waals surface area contributed by atoms with Crippen LogP contribution in [0.25, 0.3) is 32.9 Å². The number of nitrogens with one attached hydrogen (secondary N) is 2. The summed E-state index contributed by atoms with van der Waals surface area (Å²) in [5.41, 5.74) is 1.12. The Balaban J connectivity index is 0.000000195. The molecule has 6 nitrogen and oxygen atoms in total. The average Bonchev–Trinajstić information content (AvgIpc) is 3.58. The molecule has 4 aromatic heterocycles. The van der Waals surface area contributed by atoms with Crippen molar-refractivity contribution >= 4 is 85.9 Å². The Kier molecular flexibility index (Phi) is 12.0. The van der Waals surface area contributed by atoms with Crippen LogP contribution in [-0.2, 0) is 12.4 Å². The predicted octanol–water partition coefficient (Wildman–Crippen LogP) is 8.69. The summed E-state index contributed by atoms with van der Waals surface area (Å²) in [4.78, 5) is 12.2. The number of hydrogen-bond donors (Lipinski definition) is 4. The first-order chi connectivity index (χ1) is 20.6. The van der Waals surface area contributed by atoms with Crippen LogP contribution in [0, 0.1) is 0 Å². The van der Waals surface area contributed by atoms with E-state index >= 15 is 0 Å². The largest absolute Gasteiger partial charge is 0.488 e. The van der Waals surface area contributed by atoms with Crippen LogP contribution in [0.3, 0.4) is 0 Å². The minimum atomic E-state index is -4.40. The fourth-order valence-corrected chi connectivity index (χ4v) is 4.67. The maximum Gasteiger partial charge on any atom is 0.488 e. The number of pyridine rings is 2. The Labute approximate surface area is 276 Å². The molecule has 4 N–H and O–H groups in total. The SMILES string of the molecule is Cl.FC(F)(F)c1cc2cc(-c3ccncc3)c(Cl)cc2[nH]1.FC(F)(F)c1cc2cc(Br)c(Cl)cc2[nH]1.OB(O)c1ccncc1. The van der Waals surface area contributed by atoms with Crippen LogP contribution in [0.15, 0.2) is 89.9 Å². The first-order valence-corrected chi connectivity index (χ1v) is 13.8. The summed E-state index contributed by atoms with van der Waals surface area (Å²) in [5, 5.41) is 18.8. The van der Waals surface area contributed by atoms with E-state index in [0.29, 0.717) is 47.4 Å². The predicted molar refractivity (Wildman–Crippen MR) is 169 cm³/mol. The van der Waals surface area contributed by atoms with Gasteiger partial charge in [0.25, 0.3) is 0 Å². The lowest BCUT2D eigenvalue weighted by molar-refractivity contribution is -0.141. The molecule has 2 aromatic carbocycles. The van der Waals surface area contributed by atoms with Crippen LogP contribution in [0.4, 0.5) is 26.3 Å². The van der Waals surface area contributed by atoms with Gasteiger partial charge < -0.3 is 20.0 Å².